The van der Waals surface area contributed by atoms with Crippen LogP contribution in [0.2, 0.25) is 0 Å². The Morgan fingerprint density at radius 2 is 1.56 bits per heavy atom. The number of rotatable bonds is 4. The van der Waals surface area contributed by atoms with E-state index in [9.17, 15) is 8.78 Å². The van der Waals surface area contributed by atoms with E-state index in [-0.39, 0.29) is 5.56 Å². The maximum absolute atomic E-state index is 12.6. The Balaban J connectivity index is 3.32. The van der Waals surface area contributed by atoms with Crippen LogP contribution in [0.1, 0.15) is 17.2 Å². The third kappa shape index (κ3) is 2.41. The van der Waals surface area contributed by atoms with E-state index in [1.807, 2.05) is 6.92 Å². The number of methoxy groups -OCH3 is 2. The summed E-state index contributed by atoms with van der Waals surface area (Å²) in [5, 5.41) is 0. The van der Waals surface area contributed by atoms with Crippen LogP contribution in [0.4, 0.5) is 8.78 Å². The van der Waals surface area contributed by atoms with Gasteiger partial charge < -0.3 is 15.2 Å². The van der Waals surface area contributed by atoms with Crippen molar-refractivity contribution in [2.45, 2.75) is 19.4 Å². The van der Waals surface area contributed by atoms with Crippen molar-refractivity contribution in [2.75, 3.05) is 14.2 Å². The van der Waals surface area contributed by atoms with Crippen LogP contribution in [0.5, 0.6) is 11.5 Å². The summed E-state index contributed by atoms with van der Waals surface area (Å²) in [5.74, 6) is 0.648. The Morgan fingerprint density at radius 1 is 1.12 bits per heavy atom. The first-order valence-corrected chi connectivity index (χ1v) is 4.77. The van der Waals surface area contributed by atoms with Crippen molar-refractivity contribution in [1.29, 1.82) is 0 Å². The Labute approximate surface area is 93.2 Å². The normalized spacial score (nSPS) is 12.7. The molecule has 1 aromatic carbocycles. The van der Waals surface area contributed by atoms with Crippen LogP contribution in [-0.4, -0.2) is 20.6 Å². The second-order valence-electron chi connectivity index (χ2n) is 3.44. The predicted molar refractivity (Wildman–Crippen MR) is 57.2 cm³/mol. The molecule has 0 fully saturated rings. The summed E-state index contributed by atoms with van der Waals surface area (Å²) in [6.45, 7) is 1.82. The molecule has 0 aromatic heterocycles. The molecule has 0 amide bonds. The Hall–Kier alpha value is -1.36. The van der Waals surface area contributed by atoms with Gasteiger partial charge in [-0.25, -0.2) is 8.78 Å². The lowest BCUT2D eigenvalue weighted by Crippen LogP contribution is -2.20. The average molecular weight is 231 g/mol. The number of hydrogen-bond donors (Lipinski definition) is 1. The zero-order chi connectivity index (χ0) is 12.3. The fourth-order valence-corrected chi connectivity index (χ4v) is 1.52. The molecule has 16 heavy (non-hydrogen) atoms. The quantitative estimate of drug-likeness (QED) is 0.864. The highest BCUT2D eigenvalue weighted by Crippen LogP contribution is 2.36. The molecule has 5 heteroatoms. The summed E-state index contributed by atoms with van der Waals surface area (Å²) in [7, 11) is 2.83. The largest absolute Gasteiger partial charge is 0.496 e. The van der Waals surface area contributed by atoms with Crippen LogP contribution >= 0.6 is 0 Å². The summed E-state index contributed by atoms with van der Waals surface area (Å²) in [6, 6.07) is 1.89. The monoisotopic (exact) mass is 231 g/mol. The van der Waals surface area contributed by atoms with Gasteiger partial charge >= 0.3 is 0 Å². The van der Waals surface area contributed by atoms with Crippen LogP contribution < -0.4 is 15.2 Å². The molecule has 0 spiro atoms. The van der Waals surface area contributed by atoms with Crippen molar-refractivity contribution in [1.82, 2.24) is 0 Å². The average Bonchev–Trinajstić information content (AvgIpc) is 2.26. The van der Waals surface area contributed by atoms with Crippen molar-refractivity contribution < 1.29 is 18.3 Å². The highest BCUT2D eigenvalue weighted by atomic mass is 19.3. The first-order valence-electron chi connectivity index (χ1n) is 4.77. The molecule has 1 atom stereocenters. The van der Waals surface area contributed by atoms with E-state index in [2.05, 4.69) is 0 Å². The lowest BCUT2D eigenvalue weighted by atomic mass is 10.0. The van der Waals surface area contributed by atoms with E-state index < -0.39 is 12.5 Å². The standard InChI is InChI=1S/C11H15F2NO2/c1-6-4-7(15-2)9(8(5-6)16-3)10(14)11(12)13/h4-5,10-11H,14H2,1-3H3. The molecule has 90 valence electrons. The zero-order valence-corrected chi connectivity index (χ0v) is 9.46. The summed E-state index contributed by atoms with van der Waals surface area (Å²) >= 11 is 0. The van der Waals surface area contributed by atoms with Gasteiger partial charge in [0.2, 0.25) is 0 Å². The van der Waals surface area contributed by atoms with Crippen LogP contribution in [0.3, 0.4) is 0 Å². The number of benzene rings is 1. The van der Waals surface area contributed by atoms with Gasteiger partial charge in [-0.05, 0) is 24.6 Å². The second-order valence-corrected chi connectivity index (χ2v) is 3.44. The number of alkyl halides is 2. The highest BCUT2D eigenvalue weighted by Gasteiger charge is 2.25. The second kappa shape index (κ2) is 5.12. The van der Waals surface area contributed by atoms with Crippen molar-refractivity contribution >= 4 is 0 Å². The van der Waals surface area contributed by atoms with Gasteiger partial charge in [0.05, 0.1) is 25.8 Å². The predicted octanol–water partition coefficient (Wildman–Crippen LogP) is 2.28. The van der Waals surface area contributed by atoms with Crippen molar-refractivity contribution in [3.63, 3.8) is 0 Å². The van der Waals surface area contributed by atoms with E-state index in [1.165, 1.54) is 14.2 Å². The summed E-state index contributed by atoms with van der Waals surface area (Å²) in [6.07, 6.45) is -2.66. The molecule has 2 N–H and O–H groups in total. The minimum Gasteiger partial charge on any atom is -0.496 e. The topological polar surface area (TPSA) is 44.5 Å². The molecule has 1 rings (SSSR count). The van der Waals surface area contributed by atoms with Crippen LogP contribution in [0.15, 0.2) is 12.1 Å². The minimum atomic E-state index is -2.66. The molecule has 1 unspecified atom stereocenters. The van der Waals surface area contributed by atoms with E-state index in [1.54, 1.807) is 12.1 Å². The lowest BCUT2D eigenvalue weighted by molar-refractivity contribution is 0.113. The SMILES string of the molecule is COc1cc(C)cc(OC)c1C(N)C(F)F. The van der Waals surface area contributed by atoms with E-state index >= 15 is 0 Å². The molecule has 0 aliphatic carbocycles. The Kier molecular flexibility index (Phi) is 4.06. The fourth-order valence-electron chi connectivity index (χ4n) is 1.52. The Bertz CT molecular complexity index is 344. The van der Waals surface area contributed by atoms with Gasteiger partial charge in [0.25, 0.3) is 6.43 Å². The fraction of sp³-hybridized carbons (Fsp3) is 0.455. The first-order chi connectivity index (χ1) is 7.51. The molecule has 1 aromatic rings. The lowest BCUT2D eigenvalue weighted by Gasteiger charge is -2.19. The molecular weight excluding hydrogens is 216 g/mol. The van der Waals surface area contributed by atoms with E-state index in [4.69, 9.17) is 15.2 Å². The number of halogens is 2. The van der Waals surface area contributed by atoms with Crippen LogP contribution in [-0.2, 0) is 0 Å². The molecule has 0 radical (unpaired) electrons. The number of ether oxygens (including phenoxy) is 2. The van der Waals surface area contributed by atoms with Crippen molar-refractivity contribution in [3.8, 4) is 11.5 Å². The maximum Gasteiger partial charge on any atom is 0.257 e. The molecule has 0 aliphatic rings. The maximum atomic E-state index is 12.6. The van der Waals surface area contributed by atoms with Crippen LogP contribution in [0, 0.1) is 6.92 Å². The molecule has 0 heterocycles. The smallest absolute Gasteiger partial charge is 0.257 e. The summed E-state index contributed by atoms with van der Waals surface area (Å²) in [5.41, 5.74) is 6.49. The van der Waals surface area contributed by atoms with Gasteiger partial charge in [-0.15, -0.1) is 0 Å². The van der Waals surface area contributed by atoms with Gasteiger partial charge in [0, 0.05) is 0 Å². The Morgan fingerprint density at radius 3 is 1.88 bits per heavy atom. The van der Waals surface area contributed by atoms with Gasteiger partial charge in [0.15, 0.2) is 0 Å². The van der Waals surface area contributed by atoms with Gasteiger partial charge in [-0.2, -0.15) is 0 Å². The summed E-state index contributed by atoms with van der Waals surface area (Å²) in [4.78, 5) is 0. The number of nitrogens with two attached hydrogens (primary N) is 1. The first kappa shape index (κ1) is 12.7. The number of hydrogen-bond acceptors (Lipinski definition) is 3. The molecular formula is C11H15F2NO2. The highest BCUT2D eigenvalue weighted by molar-refractivity contribution is 5.49. The van der Waals surface area contributed by atoms with Crippen molar-refractivity contribution in [2.24, 2.45) is 5.73 Å². The minimum absolute atomic E-state index is 0.200. The third-order valence-corrected chi connectivity index (χ3v) is 2.29. The van der Waals surface area contributed by atoms with Crippen molar-refractivity contribution in [3.05, 3.63) is 23.3 Å². The van der Waals surface area contributed by atoms with Gasteiger partial charge in [-0.3, -0.25) is 0 Å². The molecule has 0 bridgehead atoms. The third-order valence-electron chi connectivity index (χ3n) is 2.29. The molecule has 0 saturated heterocycles. The molecule has 0 aliphatic heterocycles. The zero-order valence-electron chi connectivity index (χ0n) is 9.46. The molecule has 0 saturated carbocycles. The number of aryl methyl sites for hydroxylation is 1. The van der Waals surface area contributed by atoms with Gasteiger partial charge in [-0.1, -0.05) is 0 Å². The van der Waals surface area contributed by atoms with E-state index in [0.29, 0.717) is 11.5 Å². The van der Waals surface area contributed by atoms with Gasteiger partial charge in [0.1, 0.15) is 11.5 Å². The summed E-state index contributed by atoms with van der Waals surface area (Å²) < 4.78 is 35.3. The van der Waals surface area contributed by atoms with Crippen LogP contribution in [0.25, 0.3) is 0 Å². The molecule has 3 nitrogen and oxygen atoms in total. The van der Waals surface area contributed by atoms with E-state index in [0.717, 1.165) is 5.56 Å².